The Kier molecular flexibility index (Phi) is 4.95. The van der Waals surface area contributed by atoms with Crippen LogP contribution in [-0.4, -0.2) is 30.1 Å². The molecule has 1 heterocycles. The number of fused-ring (bicyclic) bond motifs is 1. The number of benzene rings is 1. The highest BCUT2D eigenvalue weighted by atomic mass is 35.5. The van der Waals surface area contributed by atoms with Crippen molar-refractivity contribution in [3.05, 3.63) is 28.3 Å². The second kappa shape index (κ2) is 6.33. The highest BCUT2D eigenvalue weighted by Gasteiger charge is 2.27. The van der Waals surface area contributed by atoms with Crippen molar-refractivity contribution in [2.75, 3.05) is 19.7 Å². The molecule has 20 heavy (non-hydrogen) atoms. The summed E-state index contributed by atoms with van der Waals surface area (Å²) in [6.07, 6.45) is 2.06. The molecule has 2 N–H and O–H groups in total. The molecule has 0 spiro atoms. The first-order valence-corrected chi connectivity index (χ1v) is 7.75. The van der Waals surface area contributed by atoms with Crippen LogP contribution >= 0.6 is 11.6 Å². The molecule has 1 aromatic rings. The SMILES string of the molecule is CCCN(Cc1cc(Cl)cc2c1OCC2)C(C)(C)CN. The number of ether oxygens (including phenoxy) is 1. The van der Waals surface area contributed by atoms with Gasteiger partial charge in [-0.3, -0.25) is 4.90 Å². The molecular weight excluding hydrogens is 272 g/mol. The smallest absolute Gasteiger partial charge is 0.127 e. The number of nitrogens with zero attached hydrogens (tertiary/aromatic N) is 1. The van der Waals surface area contributed by atoms with Crippen LogP contribution < -0.4 is 10.5 Å². The molecule has 112 valence electrons. The summed E-state index contributed by atoms with van der Waals surface area (Å²) in [5.74, 6) is 1.03. The van der Waals surface area contributed by atoms with E-state index in [0.29, 0.717) is 6.54 Å². The van der Waals surface area contributed by atoms with Crippen molar-refractivity contribution in [1.82, 2.24) is 4.90 Å². The minimum atomic E-state index is -0.0240. The van der Waals surface area contributed by atoms with E-state index in [1.54, 1.807) is 0 Å². The van der Waals surface area contributed by atoms with E-state index in [1.807, 2.05) is 12.1 Å². The molecule has 0 aromatic heterocycles. The second-order valence-corrected chi connectivity index (χ2v) is 6.53. The standard InChI is InChI=1S/C16H25ClN2O/c1-4-6-19(16(2,3)11-18)10-13-9-14(17)8-12-5-7-20-15(12)13/h8-9H,4-7,10-11,18H2,1-3H3. The van der Waals surface area contributed by atoms with Crippen LogP contribution in [0.5, 0.6) is 5.75 Å². The van der Waals surface area contributed by atoms with Gasteiger partial charge >= 0.3 is 0 Å². The van der Waals surface area contributed by atoms with Gasteiger partial charge in [0, 0.05) is 35.6 Å². The first-order valence-electron chi connectivity index (χ1n) is 7.37. The van der Waals surface area contributed by atoms with E-state index in [9.17, 15) is 0 Å². The summed E-state index contributed by atoms with van der Waals surface area (Å²) in [5.41, 5.74) is 8.32. The fourth-order valence-electron chi connectivity index (χ4n) is 2.66. The van der Waals surface area contributed by atoms with E-state index in [-0.39, 0.29) is 5.54 Å². The molecule has 1 aliphatic heterocycles. The molecule has 0 fully saturated rings. The predicted molar refractivity (Wildman–Crippen MR) is 84.5 cm³/mol. The molecule has 0 saturated heterocycles. The lowest BCUT2D eigenvalue weighted by atomic mass is 10.00. The Morgan fingerprint density at radius 3 is 2.80 bits per heavy atom. The van der Waals surface area contributed by atoms with Gasteiger partial charge in [0.1, 0.15) is 5.75 Å². The molecular formula is C16H25ClN2O. The summed E-state index contributed by atoms with van der Waals surface area (Å²) in [6.45, 7) is 9.82. The van der Waals surface area contributed by atoms with Crippen LogP contribution in [-0.2, 0) is 13.0 Å². The number of halogens is 1. The number of rotatable bonds is 6. The van der Waals surface area contributed by atoms with Crippen LogP contribution in [0.15, 0.2) is 12.1 Å². The van der Waals surface area contributed by atoms with Gasteiger partial charge in [0.25, 0.3) is 0 Å². The average Bonchev–Trinajstić information content (AvgIpc) is 2.86. The third kappa shape index (κ3) is 3.27. The summed E-state index contributed by atoms with van der Waals surface area (Å²) >= 11 is 6.24. The lowest BCUT2D eigenvalue weighted by Crippen LogP contribution is -2.49. The normalized spacial score (nSPS) is 14.5. The molecule has 3 nitrogen and oxygen atoms in total. The summed E-state index contributed by atoms with van der Waals surface area (Å²) < 4.78 is 5.79. The van der Waals surface area contributed by atoms with Crippen molar-refractivity contribution in [1.29, 1.82) is 0 Å². The van der Waals surface area contributed by atoms with Gasteiger partial charge in [-0.1, -0.05) is 18.5 Å². The lowest BCUT2D eigenvalue weighted by Gasteiger charge is -2.38. The van der Waals surface area contributed by atoms with Crippen molar-refractivity contribution < 1.29 is 4.74 Å². The molecule has 0 aliphatic carbocycles. The van der Waals surface area contributed by atoms with Crippen molar-refractivity contribution in [3.8, 4) is 5.75 Å². The van der Waals surface area contributed by atoms with Crippen LogP contribution in [0, 0.1) is 0 Å². The Hall–Kier alpha value is -0.770. The van der Waals surface area contributed by atoms with Gasteiger partial charge in [0.2, 0.25) is 0 Å². The third-order valence-electron chi connectivity index (χ3n) is 4.04. The quantitative estimate of drug-likeness (QED) is 0.876. The fraction of sp³-hybridized carbons (Fsp3) is 0.625. The van der Waals surface area contributed by atoms with Gasteiger partial charge in [0.05, 0.1) is 6.61 Å². The van der Waals surface area contributed by atoms with E-state index in [1.165, 1.54) is 11.1 Å². The molecule has 2 rings (SSSR count). The van der Waals surface area contributed by atoms with E-state index in [0.717, 1.165) is 43.3 Å². The van der Waals surface area contributed by atoms with Gasteiger partial charge in [-0.05, 0) is 44.5 Å². The molecule has 0 saturated carbocycles. The molecule has 0 bridgehead atoms. The first kappa shape index (κ1) is 15.6. The van der Waals surface area contributed by atoms with Gasteiger partial charge in [-0.2, -0.15) is 0 Å². The van der Waals surface area contributed by atoms with E-state index in [4.69, 9.17) is 22.1 Å². The van der Waals surface area contributed by atoms with E-state index < -0.39 is 0 Å². The molecule has 1 aliphatic rings. The zero-order valence-corrected chi connectivity index (χ0v) is 13.5. The van der Waals surface area contributed by atoms with Gasteiger partial charge in [-0.15, -0.1) is 0 Å². The Labute approximate surface area is 127 Å². The zero-order chi connectivity index (χ0) is 14.8. The summed E-state index contributed by atoms with van der Waals surface area (Å²) in [4.78, 5) is 2.42. The Morgan fingerprint density at radius 1 is 1.40 bits per heavy atom. The average molecular weight is 297 g/mol. The van der Waals surface area contributed by atoms with E-state index >= 15 is 0 Å². The molecule has 4 heteroatoms. The number of nitrogens with two attached hydrogens (primary N) is 1. The maximum absolute atomic E-state index is 6.24. The van der Waals surface area contributed by atoms with Gasteiger partial charge < -0.3 is 10.5 Å². The highest BCUT2D eigenvalue weighted by molar-refractivity contribution is 6.30. The van der Waals surface area contributed by atoms with Crippen molar-refractivity contribution >= 4 is 11.6 Å². The molecule has 0 unspecified atom stereocenters. The van der Waals surface area contributed by atoms with Gasteiger partial charge in [0.15, 0.2) is 0 Å². The minimum absolute atomic E-state index is 0.0240. The Balaban J connectivity index is 2.27. The molecule has 1 aromatic carbocycles. The predicted octanol–water partition coefficient (Wildman–Crippen LogP) is 3.22. The van der Waals surface area contributed by atoms with Crippen LogP contribution in [0.4, 0.5) is 0 Å². The number of hydrogen-bond donors (Lipinski definition) is 1. The first-order chi connectivity index (χ1) is 9.47. The molecule has 0 amide bonds. The van der Waals surface area contributed by atoms with Crippen molar-refractivity contribution in [2.24, 2.45) is 5.73 Å². The Bertz CT molecular complexity index is 474. The summed E-state index contributed by atoms with van der Waals surface area (Å²) in [7, 11) is 0. The van der Waals surface area contributed by atoms with Crippen molar-refractivity contribution in [2.45, 2.75) is 45.7 Å². The minimum Gasteiger partial charge on any atom is -0.493 e. The Morgan fingerprint density at radius 2 is 2.15 bits per heavy atom. The summed E-state index contributed by atoms with van der Waals surface area (Å²) in [6, 6.07) is 4.05. The molecule has 0 atom stereocenters. The third-order valence-corrected chi connectivity index (χ3v) is 4.25. The fourth-order valence-corrected chi connectivity index (χ4v) is 2.93. The maximum Gasteiger partial charge on any atom is 0.127 e. The van der Waals surface area contributed by atoms with Crippen LogP contribution in [0.1, 0.15) is 38.3 Å². The van der Waals surface area contributed by atoms with Gasteiger partial charge in [-0.25, -0.2) is 0 Å². The number of hydrogen-bond acceptors (Lipinski definition) is 3. The maximum atomic E-state index is 6.24. The second-order valence-electron chi connectivity index (χ2n) is 6.09. The largest absolute Gasteiger partial charge is 0.493 e. The van der Waals surface area contributed by atoms with E-state index in [2.05, 4.69) is 25.7 Å². The monoisotopic (exact) mass is 296 g/mol. The lowest BCUT2D eigenvalue weighted by molar-refractivity contribution is 0.117. The molecule has 0 radical (unpaired) electrons. The summed E-state index contributed by atoms with van der Waals surface area (Å²) in [5, 5.41) is 0.797. The topological polar surface area (TPSA) is 38.5 Å². The van der Waals surface area contributed by atoms with Crippen LogP contribution in [0.2, 0.25) is 5.02 Å². The van der Waals surface area contributed by atoms with Crippen LogP contribution in [0.3, 0.4) is 0 Å². The highest BCUT2D eigenvalue weighted by Crippen LogP contribution is 2.34. The van der Waals surface area contributed by atoms with Crippen molar-refractivity contribution in [3.63, 3.8) is 0 Å². The van der Waals surface area contributed by atoms with Crippen LogP contribution in [0.25, 0.3) is 0 Å². The zero-order valence-electron chi connectivity index (χ0n) is 12.7.